The van der Waals surface area contributed by atoms with Crippen LogP contribution in [0.4, 0.5) is 0 Å². The first-order valence-electron chi connectivity index (χ1n) is 15.7. The van der Waals surface area contributed by atoms with Crippen LogP contribution < -0.4 is 0 Å². The highest BCUT2D eigenvalue weighted by atomic mass is 16.7. The predicted octanol–water partition coefficient (Wildman–Crippen LogP) is 3.96. The van der Waals surface area contributed by atoms with Crippen LogP contribution in [0, 0.1) is 45.8 Å². The Balaban J connectivity index is 1.33. The number of carboxylic acid groups (broad SMARTS) is 1. The Morgan fingerprint density at radius 3 is 2.59 bits per heavy atom. The Labute approximate surface area is 243 Å². The summed E-state index contributed by atoms with van der Waals surface area (Å²) in [5.41, 5.74) is -2.23. The fraction of sp³-hybridized carbons (Fsp3) is 0.875. The SMILES string of the molecule is CO[C@H]1[C@@H](OC2CCCCO2)[C@H](O)[C@H](OCC23CC4C(C)CCC4C4(C=O)CC2C=C(C(C)C)C43C(=O)O)O[C@@H]1C. The number of rotatable bonds is 9. The normalized spacial score (nSPS) is 50.6. The summed E-state index contributed by atoms with van der Waals surface area (Å²) in [5, 5.41) is 22.7. The zero-order valence-electron chi connectivity index (χ0n) is 25.1. The van der Waals surface area contributed by atoms with Gasteiger partial charge in [0.25, 0.3) is 0 Å². The predicted molar refractivity (Wildman–Crippen MR) is 148 cm³/mol. The van der Waals surface area contributed by atoms with Crippen molar-refractivity contribution in [1.29, 1.82) is 0 Å². The Kier molecular flexibility index (Phi) is 7.73. The molecule has 6 aliphatic rings. The molecule has 3 saturated carbocycles. The fourth-order valence-corrected chi connectivity index (χ4v) is 10.5. The van der Waals surface area contributed by atoms with E-state index in [2.05, 4.69) is 13.0 Å². The molecular formula is C32H48O9. The molecule has 2 N–H and O–H groups in total. The summed E-state index contributed by atoms with van der Waals surface area (Å²) in [5.74, 6) is -0.296. The van der Waals surface area contributed by atoms with E-state index in [1.165, 1.54) is 0 Å². The fourth-order valence-electron chi connectivity index (χ4n) is 10.5. The van der Waals surface area contributed by atoms with E-state index in [0.29, 0.717) is 25.4 Å². The maximum absolute atomic E-state index is 13.7. The van der Waals surface area contributed by atoms with Crippen LogP contribution in [0.15, 0.2) is 11.6 Å². The van der Waals surface area contributed by atoms with Gasteiger partial charge in [0, 0.05) is 19.1 Å². The summed E-state index contributed by atoms with van der Waals surface area (Å²) in [4.78, 5) is 26.9. The number of carbonyl (C=O) groups excluding carboxylic acids is 1. The van der Waals surface area contributed by atoms with Gasteiger partial charge < -0.3 is 38.7 Å². The van der Waals surface area contributed by atoms with Crippen LogP contribution in [0.25, 0.3) is 0 Å². The van der Waals surface area contributed by atoms with E-state index in [-0.39, 0.29) is 30.3 Å². The second-order valence-corrected chi connectivity index (χ2v) is 14.1. The first-order valence-corrected chi connectivity index (χ1v) is 15.7. The highest BCUT2D eigenvalue weighted by Gasteiger charge is 2.84. The van der Waals surface area contributed by atoms with Crippen molar-refractivity contribution in [3.63, 3.8) is 0 Å². The van der Waals surface area contributed by atoms with Crippen LogP contribution in [-0.2, 0) is 33.3 Å². The van der Waals surface area contributed by atoms with Crippen molar-refractivity contribution in [3.05, 3.63) is 11.6 Å². The minimum atomic E-state index is -1.34. The lowest BCUT2D eigenvalue weighted by Gasteiger charge is -2.58. The number of carbonyl (C=O) groups is 2. The van der Waals surface area contributed by atoms with Crippen LogP contribution in [0.3, 0.4) is 0 Å². The molecule has 9 nitrogen and oxygen atoms in total. The first-order chi connectivity index (χ1) is 19.6. The largest absolute Gasteiger partial charge is 0.481 e. The molecule has 2 saturated heterocycles. The van der Waals surface area contributed by atoms with Gasteiger partial charge in [0.05, 0.1) is 18.1 Å². The molecule has 2 heterocycles. The molecule has 0 spiro atoms. The van der Waals surface area contributed by atoms with Gasteiger partial charge >= 0.3 is 5.97 Å². The number of allylic oxidation sites excluding steroid dienone is 1. The topological polar surface area (TPSA) is 121 Å². The van der Waals surface area contributed by atoms with Crippen LogP contribution in [-0.4, -0.2) is 79.8 Å². The molecule has 0 amide bonds. The van der Waals surface area contributed by atoms with Crippen molar-refractivity contribution < 1.29 is 43.5 Å². The minimum Gasteiger partial charge on any atom is -0.481 e. The number of aliphatic hydroxyl groups excluding tert-OH is 1. The molecule has 0 radical (unpaired) electrons. The molecular weight excluding hydrogens is 528 g/mol. The number of ether oxygens (including phenoxy) is 5. The molecule has 2 aliphatic heterocycles. The van der Waals surface area contributed by atoms with Crippen molar-refractivity contribution in [2.45, 2.75) is 110 Å². The Morgan fingerprint density at radius 2 is 1.95 bits per heavy atom. The third-order valence-corrected chi connectivity index (χ3v) is 12.1. The molecule has 41 heavy (non-hydrogen) atoms. The van der Waals surface area contributed by atoms with Gasteiger partial charge in [-0.3, -0.25) is 4.79 Å². The highest BCUT2D eigenvalue weighted by molar-refractivity contribution is 5.90. The zero-order chi connectivity index (χ0) is 29.3. The van der Waals surface area contributed by atoms with Gasteiger partial charge in [-0.2, -0.15) is 0 Å². The molecule has 8 unspecified atom stereocenters. The van der Waals surface area contributed by atoms with Crippen molar-refractivity contribution in [1.82, 2.24) is 0 Å². The molecule has 6 rings (SSSR count). The van der Waals surface area contributed by atoms with E-state index in [1.54, 1.807) is 7.11 Å². The molecule has 0 aromatic heterocycles. The van der Waals surface area contributed by atoms with Crippen molar-refractivity contribution in [2.24, 2.45) is 45.8 Å². The summed E-state index contributed by atoms with van der Waals surface area (Å²) in [6.45, 7) is 8.87. The molecule has 0 aromatic rings. The lowest BCUT2D eigenvalue weighted by molar-refractivity contribution is -0.333. The number of aliphatic hydroxyl groups is 1. The van der Waals surface area contributed by atoms with E-state index in [1.807, 2.05) is 20.8 Å². The molecule has 230 valence electrons. The number of methoxy groups -OCH3 is 1. The molecule has 9 heteroatoms. The Morgan fingerprint density at radius 1 is 1.17 bits per heavy atom. The summed E-state index contributed by atoms with van der Waals surface area (Å²) >= 11 is 0. The van der Waals surface area contributed by atoms with Crippen molar-refractivity contribution >= 4 is 12.3 Å². The number of carboxylic acids is 1. The lowest BCUT2D eigenvalue weighted by Crippen LogP contribution is -2.64. The van der Waals surface area contributed by atoms with Crippen LogP contribution in [0.5, 0.6) is 0 Å². The minimum absolute atomic E-state index is 0.0160. The molecule has 4 bridgehead atoms. The number of aliphatic carboxylic acids is 1. The van der Waals surface area contributed by atoms with E-state index in [0.717, 1.165) is 44.0 Å². The van der Waals surface area contributed by atoms with Crippen LogP contribution in [0.1, 0.15) is 72.6 Å². The third kappa shape index (κ3) is 3.95. The Hall–Kier alpha value is -1.36. The molecule has 5 fully saturated rings. The van der Waals surface area contributed by atoms with Gasteiger partial charge in [-0.15, -0.1) is 0 Å². The quantitative estimate of drug-likeness (QED) is 0.310. The molecule has 4 aliphatic carbocycles. The maximum atomic E-state index is 13.7. The zero-order valence-corrected chi connectivity index (χ0v) is 25.1. The monoisotopic (exact) mass is 576 g/mol. The number of fused-ring (bicyclic) bond motifs is 2. The average Bonchev–Trinajstić information content (AvgIpc) is 3.52. The highest BCUT2D eigenvalue weighted by Crippen LogP contribution is 2.82. The second kappa shape index (κ2) is 10.7. The van der Waals surface area contributed by atoms with Gasteiger partial charge in [0.2, 0.25) is 0 Å². The van der Waals surface area contributed by atoms with Gasteiger partial charge in [0.1, 0.15) is 30.0 Å². The standard InChI is InChI=1S/C32H48O9/c1-17(2)23-12-20-13-30(15-33)22-10-9-18(3)21(22)14-31(20,32(23,30)29(35)36)16-39-28-25(34)27(26(37-5)19(4)40-28)41-24-8-6-7-11-38-24/h12,15,17-22,24-28,34H,6-11,13-14,16H2,1-5H3,(H,35,36)/t18?,19-,20?,21?,22?,24?,25+,26-,27+,28-,30?,31?,32?/m1/s1. The van der Waals surface area contributed by atoms with E-state index in [9.17, 15) is 19.8 Å². The lowest BCUT2D eigenvalue weighted by atomic mass is 9.43. The van der Waals surface area contributed by atoms with E-state index >= 15 is 0 Å². The van der Waals surface area contributed by atoms with Crippen LogP contribution in [0.2, 0.25) is 0 Å². The molecule has 0 aromatic carbocycles. The van der Waals surface area contributed by atoms with Crippen molar-refractivity contribution in [2.75, 3.05) is 20.3 Å². The van der Waals surface area contributed by atoms with Crippen molar-refractivity contribution in [3.8, 4) is 0 Å². The first kappa shape index (κ1) is 29.7. The second-order valence-electron chi connectivity index (χ2n) is 14.1. The van der Waals surface area contributed by atoms with Gasteiger partial charge in [-0.25, -0.2) is 0 Å². The summed E-state index contributed by atoms with van der Waals surface area (Å²) in [6, 6.07) is 0. The average molecular weight is 577 g/mol. The summed E-state index contributed by atoms with van der Waals surface area (Å²) < 4.78 is 30.5. The summed E-state index contributed by atoms with van der Waals surface area (Å²) in [7, 11) is 1.57. The summed E-state index contributed by atoms with van der Waals surface area (Å²) in [6.07, 6.45) is 4.70. The van der Waals surface area contributed by atoms with Crippen LogP contribution >= 0.6 is 0 Å². The smallest absolute Gasteiger partial charge is 0.315 e. The van der Waals surface area contributed by atoms with E-state index < -0.39 is 59.2 Å². The van der Waals surface area contributed by atoms with Gasteiger partial charge in [0.15, 0.2) is 12.6 Å². The van der Waals surface area contributed by atoms with E-state index in [4.69, 9.17) is 23.7 Å². The third-order valence-electron chi connectivity index (χ3n) is 12.1. The van der Waals surface area contributed by atoms with Gasteiger partial charge in [-0.1, -0.05) is 38.8 Å². The number of aldehydes is 1. The number of hydrogen-bond donors (Lipinski definition) is 2. The number of hydrogen-bond acceptors (Lipinski definition) is 8. The van der Waals surface area contributed by atoms with Gasteiger partial charge in [-0.05, 0) is 75.0 Å². The maximum Gasteiger partial charge on any atom is 0.315 e. The molecule has 13 atom stereocenters. The Bertz CT molecular complexity index is 1050.